The molecular weight excluding hydrogens is 833 g/mol. The molecule has 0 amide bonds. The van der Waals surface area contributed by atoms with Gasteiger partial charge in [0, 0.05) is 28.9 Å². The monoisotopic (exact) mass is 880 g/mol. The lowest BCUT2D eigenvalue weighted by Gasteiger charge is -2.32. The van der Waals surface area contributed by atoms with Crippen molar-refractivity contribution in [3.8, 4) is 22.3 Å². The fourth-order valence-corrected chi connectivity index (χ4v) is 10.9. The van der Waals surface area contributed by atoms with Crippen LogP contribution in [0.1, 0.15) is 70.2 Å². The Bertz CT molecular complexity index is 2310. The summed E-state index contributed by atoms with van der Waals surface area (Å²) >= 11 is 1.01. The molecule has 0 unspecified atom stereocenters. The van der Waals surface area contributed by atoms with Crippen LogP contribution in [0.2, 0.25) is 0 Å². The molecule has 0 bridgehead atoms. The first-order valence-corrected chi connectivity index (χ1v) is 24.1. The van der Waals surface area contributed by atoms with Crippen LogP contribution in [-0.2, 0) is 60.4 Å². The summed E-state index contributed by atoms with van der Waals surface area (Å²) in [4.78, 5) is 0. The van der Waals surface area contributed by atoms with Gasteiger partial charge in [0.2, 0.25) is 5.79 Å². The third kappa shape index (κ3) is 11.1. The number of fused-ring (bicyclic) bond motifs is 6. The molecule has 18 heteroatoms. The van der Waals surface area contributed by atoms with E-state index in [1.807, 2.05) is 26.0 Å². The minimum atomic E-state index is -4.53. The predicted octanol–water partition coefficient (Wildman–Crippen LogP) is 7.38. The number of hydrogen-bond acceptors (Lipinski definition) is 12. The molecule has 4 N–H and O–H groups in total. The van der Waals surface area contributed by atoms with Crippen molar-refractivity contribution in [2.75, 3.05) is 36.2 Å². The van der Waals surface area contributed by atoms with E-state index in [1.165, 1.54) is 0 Å². The Hall–Kier alpha value is -3.24. The van der Waals surface area contributed by atoms with E-state index in [9.17, 15) is 34.4 Å². The highest BCUT2D eigenvalue weighted by Crippen LogP contribution is 2.52. The van der Waals surface area contributed by atoms with Gasteiger partial charge in [0.25, 0.3) is 30.4 Å². The number of aryl methyl sites for hydroxylation is 4. The fourth-order valence-electron chi connectivity index (χ4n) is 7.66. The molecule has 58 heavy (non-hydrogen) atoms. The molecular formula is C40H48O14S4. The maximum atomic E-state index is 11.7. The van der Waals surface area contributed by atoms with E-state index in [4.69, 9.17) is 19.3 Å². The summed E-state index contributed by atoms with van der Waals surface area (Å²) < 4.78 is 114. The Morgan fingerprint density at radius 3 is 1.29 bits per heavy atom. The topological polar surface area (TPSA) is 220 Å². The van der Waals surface area contributed by atoms with Gasteiger partial charge in [0.15, 0.2) is 0 Å². The Kier molecular flexibility index (Phi) is 14.7. The summed E-state index contributed by atoms with van der Waals surface area (Å²) in [5.41, 5.74) is 8.56. The summed E-state index contributed by atoms with van der Waals surface area (Å²) in [5.74, 6) is -2.43. The van der Waals surface area contributed by atoms with E-state index < -0.39 is 53.1 Å². The van der Waals surface area contributed by atoms with Crippen LogP contribution in [0.3, 0.4) is 0 Å². The average Bonchev–Trinajstić information content (AvgIpc) is 3.50. The highest BCUT2D eigenvalue weighted by Gasteiger charge is 2.49. The van der Waals surface area contributed by atoms with Crippen LogP contribution in [0.15, 0.2) is 72.8 Å². The van der Waals surface area contributed by atoms with Crippen LogP contribution in [-0.4, -0.2) is 80.4 Å². The number of ether oxygens (including phenoxy) is 2. The molecule has 0 aromatic heterocycles. The highest BCUT2D eigenvalue weighted by atomic mass is 32.2. The summed E-state index contributed by atoms with van der Waals surface area (Å²) in [6, 6.07) is 23.1. The molecule has 0 atom stereocenters. The van der Waals surface area contributed by atoms with Crippen molar-refractivity contribution in [1.82, 2.24) is 0 Å². The molecule has 0 radical (unpaired) electrons. The highest BCUT2D eigenvalue weighted by molar-refractivity contribution is 7.94. The second-order valence-electron chi connectivity index (χ2n) is 14.7. The van der Waals surface area contributed by atoms with Crippen LogP contribution >= 0.6 is 12.0 Å². The van der Waals surface area contributed by atoms with Crippen LogP contribution in [0, 0.1) is 27.7 Å². The molecule has 4 aromatic rings. The summed E-state index contributed by atoms with van der Waals surface area (Å²) in [6.07, 6.45) is 2.26. The Balaban J connectivity index is 0.000000229. The summed E-state index contributed by atoms with van der Waals surface area (Å²) in [6.45, 7) is 8.35. The number of rotatable bonds is 18. The van der Waals surface area contributed by atoms with Gasteiger partial charge < -0.3 is 9.47 Å². The van der Waals surface area contributed by atoms with Crippen LogP contribution in [0.5, 0.6) is 0 Å². The van der Waals surface area contributed by atoms with Gasteiger partial charge in [-0.3, -0.25) is 13.7 Å². The molecule has 0 fully saturated rings. The first-order valence-electron chi connectivity index (χ1n) is 18.4. The zero-order valence-electron chi connectivity index (χ0n) is 32.5. The van der Waals surface area contributed by atoms with Crippen molar-refractivity contribution in [2.45, 2.75) is 64.6 Å². The van der Waals surface area contributed by atoms with Crippen molar-refractivity contribution in [1.29, 1.82) is 0 Å². The largest absolute Gasteiger partial charge is 0.342 e. The predicted molar refractivity (Wildman–Crippen MR) is 221 cm³/mol. The molecule has 0 heterocycles. The zero-order valence-corrected chi connectivity index (χ0v) is 35.8. The summed E-state index contributed by atoms with van der Waals surface area (Å²) in [7, 11) is -13.0. The van der Waals surface area contributed by atoms with Crippen LogP contribution < -0.4 is 0 Å². The molecule has 0 saturated carbocycles. The van der Waals surface area contributed by atoms with E-state index in [1.54, 1.807) is 38.1 Å². The van der Waals surface area contributed by atoms with Crippen molar-refractivity contribution in [3.63, 3.8) is 0 Å². The van der Waals surface area contributed by atoms with Gasteiger partial charge in [-0.25, -0.2) is 5.26 Å². The molecule has 0 saturated heterocycles. The molecule has 14 nitrogen and oxygen atoms in total. The summed E-state index contributed by atoms with van der Waals surface area (Å²) in [5, 5.41) is 11.8. The minimum Gasteiger partial charge on any atom is -0.342 e. The normalized spacial score (nSPS) is 14.9. The number of benzene rings is 4. The quantitative estimate of drug-likeness (QED) is 0.0191. The second kappa shape index (κ2) is 18.6. The van der Waals surface area contributed by atoms with Gasteiger partial charge in [0.1, 0.15) is 0 Å². The molecule has 6 rings (SSSR count). The maximum absolute atomic E-state index is 11.7. The lowest BCUT2D eigenvalue weighted by molar-refractivity contribution is -0.432. The fraction of sp³-hybridized carbons (Fsp3) is 0.400. The third-order valence-corrected chi connectivity index (χ3v) is 13.1. The van der Waals surface area contributed by atoms with E-state index in [0.29, 0.717) is 47.5 Å². The van der Waals surface area contributed by atoms with Gasteiger partial charge >= 0.3 is 0 Å². The number of unbranched alkanes of at least 4 members (excludes halogenated alkanes) is 2. The maximum Gasteiger partial charge on any atom is 0.266 e. The second-order valence-corrected chi connectivity index (χ2v) is 20.0. The van der Waals surface area contributed by atoms with E-state index >= 15 is 0 Å². The first kappa shape index (κ1) is 45.8. The van der Waals surface area contributed by atoms with Gasteiger partial charge in [0.05, 0.1) is 35.9 Å². The Morgan fingerprint density at radius 1 is 0.534 bits per heavy atom. The molecule has 2 aliphatic rings. The van der Waals surface area contributed by atoms with E-state index in [2.05, 4.69) is 45.8 Å². The van der Waals surface area contributed by atoms with Gasteiger partial charge in [-0.2, -0.15) is 25.3 Å². The van der Waals surface area contributed by atoms with Crippen LogP contribution in [0.4, 0.5) is 0 Å². The smallest absolute Gasteiger partial charge is 0.266 e. The molecule has 2 aliphatic carbocycles. The zero-order chi connectivity index (χ0) is 42.5. The molecule has 4 aromatic carbocycles. The standard InChI is InChI=1S/C23H30O8S2.C17H18O6S2/c1-17-7-9-19-20-10-8-18(2)16-22(20)23(21(19)15-17,28-11-3-5-13-32-31-30-24)29-12-4-6-14-33(25,26)27;1-11-3-5-13-14-6-4-12(2)8-16(14)17(15(13)7-11,9-24(18,19)20)10-25(21,22)23/h7-10,15-16,24H,3-6,11-14H2,1-2H3,(H,25,26,27);3-8H,9-10H2,1-2H3,(H,18,19,20)(H,21,22,23). The molecule has 316 valence electrons. The van der Waals surface area contributed by atoms with Crippen molar-refractivity contribution in [3.05, 3.63) is 117 Å². The van der Waals surface area contributed by atoms with Crippen molar-refractivity contribution < 1.29 is 63.0 Å². The van der Waals surface area contributed by atoms with Crippen LogP contribution in [0.25, 0.3) is 22.3 Å². The van der Waals surface area contributed by atoms with Gasteiger partial charge in [-0.05, 0) is 98.9 Å². The Morgan fingerprint density at radius 2 is 0.914 bits per heavy atom. The number of hydrogen-bond donors (Lipinski definition) is 4. The van der Waals surface area contributed by atoms with Gasteiger partial charge in [-0.1, -0.05) is 88.0 Å². The molecule has 0 aliphatic heterocycles. The van der Waals surface area contributed by atoms with Crippen molar-refractivity contribution in [2.24, 2.45) is 0 Å². The van der Waals surface area contributed by atoms with Gasteiger partial charge in [-0.15, -0.1) is 4.33 Å². The SMILES string of the molecule is Cc1ccc2c(c1)C(CS(=O)(=O)O)(CS(=O)(=O)O)c1cc(C)ccc1-2.Cc1ccc2c(c1)C(OCCCCSOOO)(OCCCCS(=O)(=O)O)c1cc(C)ccc1-2. The lowest BCUT2D eigenvalue weighted by Crippen LogP contribution is -2.40. The van der Waals surface area contributed by atoms with E-state index in [-0.39, 0.29) is 12.4 Å². The van der Waals surface area contributed by atoms with Crippen molar-refractivity contribution >= 4 is 42.4 Å². The molecule has 0 spiro atoms. The average molecular weight is 881 g/mol. The Labute approximate surface area is 344 Å². The van der Waals surface area contributed by atoms with E-state index in [0.717, 1.165) is 69.4 Å². The minimum absolute atomic E-state index is 0.272. The third-order valence-electron chi connectivity index (χ3n) is 9.99. The lowest BCUT2D eigenvalue weighted by atomic mass is 9.81. The first-order chi connectivity index (χ1) is 27.2.